The average Bonchev–Trinajstić information content (AvgIpc) is 2.37. The molecule has 0 radical (unpaired) electrons. The highest BCUT2D eigenvalue weighted by molar-refractivity contribution is 7.92. The second-order valence-corrected chi connectivity index (χ2v) is 7.53. The smallest absolute Gasteiger partial charge is 0.263 e. The molecule has 1 aromatic carbocycles. The van der Waals surface area contributed by atoms with Crippen molar-refractivity contribution in [1.29, 1.82) is 0 Å². The highest BCUT2D eigenvalue weighted by Gasteiger charge is 2.16. The fourth-order valence-corrected chi connectivity index (χ4v) is 3.53. The van der Waals surface area contributed by atoms with Crippen LogP contribution in [0.2, 0.25) is 0 Å². The molecule has 9 heteroatoms. The molecule has 1 heterocycles. The van der Waals surface area contributed by atoms with Crippen molar-refractivity contribution in [2.45, 2.75) is 16.7 Å². The highest BCUT2D eigenvalue weighted by atomic mass is 32.2. The van der Waals surface area contributed by atoms with E-state index in [0.29, 0.717) is 5.56 Å². The Morgan fingerprint density at radius 3 is 2.38 bits per heavy atom. The number of anilines is 1. The average molecular weight is 327 g/mol. The van der Waals surface area contributed by atoms with Gasteiger partial charge in [-0.25, -0.2) is 22.0 Å². The van der Waals surface area contributed by atoms with Gasteiger partial charge in [0.05, 0.1) is 4.90 Å². The van der Waals surface area contributed by atoms with Crippen molar-refractivity contribution in [2.24, 2.45) is 5.14 Å². The molecular formula is C12H13N3O4S2. The zero-order valence-electron chi connectivity index (χ0n) is 11.0. The first-order valence-electron chi connectivity index (χ1n) is 5.76. The lowest BCUT2D eigenvalue weighted by atomic mass is 10.2. The molecule has 0 aliphatic heterocycles. The minimum absolute atomic E-state index is 0.0122. The second-order valence-electron chi connectivity index (χ2n) is 4.32. The molecular weight excluding hydrogens is 314 g/mol. The molecule has 7 nitrogen and oxygen atoms in total. The largest absolute Gasteiger partial charge is 0.280 e. The van der Waals surface area contributed by atoms with Gasteiger partial charge in [0.2, 0.25) is 10.0 Å². The van der Waals surface area contributed by atoms with Gasteiger partial charge in [0, 0.05) is 18.1 Å². The van der Waals surface area contributed by atoms with Crippen LogP contribution in [-0.4, -0.2) is 21.8 Å². The summed E-state index contributed by atoms with van der Waals surface area (Å²) >= 11 is 0. The van der Waals surface area contributed by atoms with E-state index in [2.05, 4.69) is 9.71 Å². The maximum Gasteiger partial charge on any atom is 0.263 e. The number of nitrogens with one attached hydrogen (secondary N) is 1. The lowest BCUT2D eigenvalue weighted by molar-refractivity contribution is 0.597. The molecule has 0 unspecified atom stereocenters. The summed E-state index contributed by atoms with van der Waals surface area (Å²) in [6.45, 7) is 1.53. The molecule has 1 aromatic heterocycles. The lowest BCUT2D eigenvalue weighted by Crippen LogP contribution is -2.15. The molecule has 0 aliphatic rings. The van der Waals surface area contributed by atoms with Gasteiger partial charge in [-0.15, -0.1) is 0 Å². The van der Waals surface area contributed by atoms with E-state index in [9.17, 15) is 16.8 Å². The highest BCUT2D eigenvalue weighted by Crippen LogP contribution is 2.21. The number of primary sulfonamides is 1. The molecule has 0 saturated carbocycles. The standard InChI is InChI=1S/C12H13N3O4S2/c1-9-7-10(4-5-12(9)20(13,16)17)15-21(18,19)11-3-2-6-14-8-11/h2-8,15H,1H3,(H2,13,16,17). The van der Waals surface area contributed by atoms with Crippen molar-refractivity contribution in [1.82, 2.24) is 4.98 Å². The van der Waals surface area contributed by atoms with Crippen LogP contribution in [0.3, 0.4) is 0 Å². The summed E-state index contributed by atoms with van der Waals surface area (Å²) in [6, 6.07) is 6.89. The Bertz CT molecular complexity index is 863. The second kappa shape index (κ2) is 5.43. The van der Waals surface area contributed by atoms with E-state index in [0.717, 1.165) is 0 Å². The minimum atomic E-state index is -3.83. The maximum absolute atomic E-state index is 12.1. The molecule has 3 N–H and O–H groups in total. The molecule has 0 bridgehead atoms. The van der Waals surface area contributed by atoms with Crippen LogP contribution in [-0.2, 0) is 20.0 Å². The molecule has 2 rings (SSSR count). The van der Waals surface area contributed by atoms with Gasteiger partial charge in [-0.2, -0.15) is 0 Å². The Balaban J connectivity index is 2.36. The van der Waals surface area contributed by atoms with Crippen LogP contribution in [0.15, 0.2) is 52.5 Å². The number of sulfonamides is 2. The van der Waals surface area contributed by atoms with Crippen molar-refractivity contribution >= 4 is 25.7 Å². The SMILES string of the molecule is Cc1cc(NS(=O)(=O)c2cccnc2)ccc1S(N)(=O)=O. The summed E-state index contributed by atoms with van der Waals surface area (Å²) < 4.78 is 49.2. The van der Waals surface area contributed by atoms with Crippen molar-refractivity contribution in [3.8, 4) is 0 Å². The zero-order chi connectivity index (χ0) is 15.7. The molecule has 0 aliphatic carbocycles. The summed E-state index contributed by atoms with van der Waals surface area (Å²) in [5.74, 6) is 0. The van der Waals surface area contributed by atoms with E-state index in [1.54, 1.807) is 0 Å². The minimum Gasteiger partial charge on any atom is -0.280 e. The van der Waals surface area contributed by atoms with Gasteiger partial charge in [0.1, 0.15) is 4.90 Å². The van der Waals surface area contributed by atoms with Gasteiger partial charge in [0.25, 0.3) is 10.0 Å². The Morgan fingerprint density at radius 2 is 1.86 bits per heavy atom. The first-order chi connectivity index (χ1) is 9.70. The number of rotatable bonds is 4. The van der Waals surface area contributed by atoms with Crippen molar-refractivity contribution in [3.05, 3.63) is 48.3 Å². The van der Waals surface area contributed by atoms with E-state index in [1.807, 2.05) is 0 Å². The third-order valence-electron chi connectivity index (χ3n) is 2.68. The molecule has 0 saturated heterocycles. The summed E-state index contributed by atoms with van der Waals surface area (Å²) in [6.07, 6.45) is 2.68. The molecule has 0 spiro atoms. The van der Waals surface area contributed by atoms with Crippen LogP contribution in [0, 0.1) is 6.92 Å². The van der Waals surface area contributed by atoms with Gasteiger partial charge in [0.15, 0.2) is 0 Å². The van der Waals surface area contributed by atoms with E-state index in [4.69, 9.17) is 5.14 Å². The quantitative estimate of drug-likeness (QED) is 0.862. The van der Waals surface area contributed by atoms with Gasteiger partial charge in [-0.05, 0) is 42.8 Å². The normalized spacial score (nSPS) is 12.1. The van der Waals surface area contributed by atoms with E-state index in [-0.39, 0.29) is 15.5 Å². The van der Waals surface area contributed by atoms with Crippen LogP contribution in [0.1, 0.15) is 5.56 Å². The lowest BCUT2D eigenvalue weighted by Gasteiger charge is -2.10. The number of nitrogens with two attached hydrogens (primary N) is 1. The van der Waals surface area contributed by atoms with Crippen LogP contribution < -0.4 is 9.86 Å². The Hall–Kier alpha value is -1.97. The summed E-state index contributed by atoms with van der Waals surface area (Å²) in [5, 5.41) is 5.05. The first-order valence-corrected chi connectivity index (χ1v) is 8.79. The van der Waals surface area contributed by atoms with Crippen LogP contribution >= 0.6 is 0 Å². The summed E-state index contributed by atoms with van der Waals surface area (Å²) in [4.78, 5) is 3.70. The van der Waals surface area contributed by atoms with E-state index in [1.165, 1.54) is 49.6 Å². The number of nitrogens with zero attached hydrogens (tertiary/aromatic N) is 1. The van der Waals surface area contributed by atoms with Crippen molar-refractivity contribution in [3.63, 3.8) is 0 Å². The maximum atomic E-state index is 12.1. The monoisotopic (exact) mass is 327 g/mol. The molecule has 21 heavy (non-hydrogen) atoms. The van der Waals surface area contributed by atoms with Crippen LogP contribution in [0.25, 0.3) is 0 Å². The Labute approximate surface area is 122 Å². The third-order valence-corrected chi connectivity index (χ3v) is 5.12. The van der Waals surface area contributed by atoms with E-state index < -0.39 is 20.0 Å². The Kier molecular flexibility index (Phi) is 3.99. The van der Waals surface area contributed by atoms with Gasteiger partial charge >= 0.3 is 0 Å². The number of hydrogen-bond acceptors (Lipinski definition) is 5. The first kappa shape index (κ1) is 15.4. The molecule has 0 fully saturated rings. The van der Waals surface area contributed by atoms with Gasteiger partial charge in [-0.1, -0.05) is 0 Å². The summed E-state index contributed by atoms with van der Waals surface area (Å²) in [7, 11) is -7.60. The number of aromatic nitrogens is 1. The van der Waals surface area contributed by atoms with E-state index >= 15 is 0 Å². The number of aryl methyl sites for hydroxylation is 1. The van der Waals surface area contributed by atoms with Crippen LogP contribution in [0.5, 0.6) is 0 Å². The molecule has 0 atom stereocenters. The third kappa shape index (κ3) is 3.57. The topological polar surface area (TPSA) is 119 Å². The molecule has 112 valence electrons. The predicted molar refractivity (Wildman–Crippen MR) is 77.6 cm³/mol. The van der Waals surface area contributed by atoms with Gasteiger partial charge < -0.3 is 0 Å². The number of hydrogen-bond donors (Lipinski definition) is 2. The van der Waals surface area contributed by atoms with Crippen molar-refractivity contribution < 1.29 is 16.8 Å². The molecule has 2 aromatic rings. The zero-order valence-corrected chi connectivity index (χ0v) is 12.6. The van der Waals surface area contributed by atoms with Gasteiger partial charge in [-0.3, -0.25) is 9.71 Å². The van der Waals surface area contributed by atoms with Crippen LogP contribution in [0.4, 0.5) is 5.69 Å². The summed E-state index contributed by atoms with van der Waals surface area (Å²) in [5.41, 5.74) is 0.590. The van der Waals surface area contributed by atoms with Crippen molar-refractivity contribution in [2.75, 3.05) is 4.72 Å². The number of pyridine rings is 1. The predicted octanol–water partition coefficient (Wildman–Crippen LogP) is 0.838. The Morgan fingerprint density at radius 1 is 1.14 bits per heavy atom. The fourth-order valence-electron chi connectivity index (χ4n) is 1.75. The number of benzene rings is 1. The fraction of sp³-hybridized carbons (Fsp3) is 0.0833. The molecule has 0 amide bonds.